The van der Waals surface area contributed by atoms with Crippen LogP contribution in [0.5, 0.6) is 0 Å². The van der Waals surface area contributed by atoms with Crippen molar-refractivity contribution in [2.45, 2.75) is 6.92 Å². The lowest BCUT2D eigenvalue weighted by atomic mass is 10.1. The molecule has 0 saturated carbocycles. The Morgan fingerprint density at radius 2 is 1.90 bits per heavy atom. The minimum absolute atomic E-state index is 0.266. The zero-order valence-corrected chi connectivity index (χ0v) is 12.2. The standard InChI is InChI=1S/C15H12Cl2N2O/c1-10-5-2-3-7-12(10)15(20)19-18-9-11-6-4-8-13(16)14(11)17/h2-9H,1H3,(H,19,20). The first-order chi connectivity index (χ1) is 9.59. The maximum Gasteiger partial charge on any atom is 0.271 e. The van der Waals surface area contributed by atoms with Crippen LogP contribution < -0.4 is 5.43 Å². The Balaban J connectivity index is 2.09. The van der Waals surface area contributed by atoms with Gasteiger partial charge in [-0.3, -0.25) is 4.79 Å². The molecule has 0 bridgehead atoms. The van der Waals surface area contributed by atoms with Gasteiger partial charge in [-0.05, 0) is 24.6 Å². The van der Waals surface area contributed by atoms with Crippen LogP contribution in [0.25, 0.3) is 0 Å². The first-order valence-electron chi connectivity index (χ1n) is 5.92. The number of benzene rings is 2. The lowest BCUT2D eigenvalue weighted by Gasteiger charge is -2.03. The Kier molecular flexibility index (Phi) is 4.77. The number of nitrogens with one attached hydrogen (secondary N) is 1. The lowest BCUT2D eigenvalue weighted by Crippen LogP contribution is -2.18. The van der Waals surface area contributed by atoms with Crippen molar-refractivity contribution in [1.29, 1.82) is 0 Å². The van der Waals surface area contributed by atoms with Crippen molar-refractivity contribution in [3.8, 4) is 0 Å². The van der Waals surface area contributed by atoms with Crippen molar-refractivity contribution in [3.05, 3.63) is 69.2 Å². The lowest BCUT2D eigenvalue weighted by molar-refractivity contribution is 0.0954. The molecule has 20 heavy (non-hydrogen) atoms. The van der Waals surface area contributed by atoms with Gasteiger partial charge in [0.15, 0.2) is 0 Å². The summed E-state index contributed by atoms with van der Waals surface area (Å²) in [6, 6.07) is 12.5. The quantitative estimate of drug-likeness (QED) is 0.674. The topological polar surface area (TPSA) is 41.5 Å². The zero-order chi connectivity index (χ0) is 14.5. The van der Waals surface area contributed by atoms with E-state index in [-0.39, 0.29) is 5.91 Å². The molecule has 0 radical (unpaired) electrons. The van der Waals surface area contributed by atoms with Crippen molar-refractivity contribution in [2.75, 3.05) is 0 Å². The average molecular weight is 307 g/mol. The van der Waals surface area contributed by atoms with Gasteiger partial charge in [-0.2, -0.15) is 5.10 Å². The molecular formula is C15H12Cl2N2O. The number of halogens is 2. The van der Waals surface area contributed by atoms with Crippen LogP contribution >= 0.6 is 23.2 Å². The van der Waals surface area contributed by atoms with Crippen molar-refractivity contribution >= 4 is 35.3 Å². The summed E-state index contributed by atoms with van der Waals surface area (Å²) in [4.78, 5) is 11.9. The number of nitrogens with zero attached hydrogens (tertiary/aromatic N) is 1. The monoisotopic (exact) mass is 306 g/mol. The van der Waals surface area contributed by atoms with Crippen molar-refractivity contribution < 1.29 is 4.79 Å². The van der Waals surface area contributed by atoms with Gasteiger partial charge in [-0.25, -0.2) is 5.43 Å². The highest BCUT2D eigenvalue weighted by atomic mass is 35.5. The molecule has 102 valence electrons. The first-order valence-corrected chi connectivity index (χ1v) is 6.68. The van der Waals surface area contributed by atoms with E-state index in [1.165, 1.54) is 6.21 Å². The summed E-state index contributed by atoms with van der Waals surface area (Å²) in [6.45, 7) is 1.87. The fourth-order valence-electron chi connectivity index (χ4n) is 1.67. The molecule has 3 nitrogen and oxygen atoms in total. The molecule has 0 aliphatic carbocycles. The van der Waals surface area contributed by atoms with E-state index in [9.17, 15) is 4.79 Å². The Bertz CT molecular complexity index is 669. The predicted molar refractivity (Wildman–Crippen MR) is 82.7 cm³/mol. The number of hydrogen-bond donors (Lipinski definition) is 1. The summed E-state index contributed by atoms with van der Waals surface area (Å²) in [7, 11) is 0. The molecule has 2 aromatic carbocycles. The van der Waals surface area contributed by atoms with Gasteiger partial charge in [-0.15, -0.1) is 0 Å². The number of hydrazone groups is 1. The predicted octanol–water partition coefficient (Wildman–Crippen LogP) is 4.07. The highest BCUT2D eigenvalue weighted by molar-refractivity contribution is 6.43. The van der Waals surface area contributed by atoms with E-state index in [0.29, 0.717) is 21.2 Å². The Morgan fingerprint density at radius 3 is 2.65 bits per heavy atom. The minimum atomic E-state index is -0.266. The van der Waals surface area contributed by atoms with E-state index in [1.54, 1.807) is 30.3 Å². The van der Waals surface area contributed by atoms with Crippen LogP contribution in [0, 0.1) is 6.92 Å². The summed E-state index contributed by atoms with van der Waals surface area (Å²) in [5.41, 5.74) is 4.58. The molecule has 0 spiro atoms. The Labute approximate surface area is 127 Å². The maximum atomic E-state index is 11.9. The molecule has 0 atom stereocenters. The smallest absolute Gasteiger partial charge is 0.267 e. The van der Waals surface area contributed by atoms with Gasteiger partial charge in [0.1, 0.15) is 0 Å². The molecule has 2 aromatic rings. The number of aryl methyl sites for hydroxylation is 1. The van der Waals surface area contributed by atoms with Gasteiger partial charge in [0.05, 0.1) is 16.3 Å². The summed E-state index contributed by atoms with van der Waals surface area (Å²) in [6.07, 6.45) is 1.46. The van der Waals surface area contributed by atoms with E-state index in [4.69, 9.17) is 23.2 Å². The highest BCUT2D eigenvalue weighted by Gasteiger charge is 2.06. The summed E-state index contributed by atoms with van der Waals surface area (Å²) < 4.78 is 0. The SMILES string of the molecule is Cc1ccccc1C(=O)NN=Cc1cccc(Cl)c1Cl. The summed E-state index contributed by atoms with van der Waals surface area (Å²) in [5.74, 6) is -0.266. The maximum absolute atomic E-state index is 11.9. The van der Waals surface area contributed by atoms with Gasteiger partial charge in [0.2, 0.25) is 0 Å². The van der Waals surface area contributed by atoms with Crippen molar-refractivity contribution in [1.82, 2.24) is 5.43 Å². The molecule has 0 unspecified atom stereocenters. The van der Waals surface area contributed by atoms with Crippen LogP contribution in [0.1, 0.15) is 21.5 Å². The van der Waals surface area contributed by atoms with Crippen molar-refractivity contribution in [2.24, 2.45) is 5.10 Å². The van der Waals surface area contributed by atoms with Gasteiger partial charge in [0, 0.05) is 11.1 Å². The second-order valence-corrected chi connectivity index (χ2v) is 4.94. The molecule has 0 fully saturated rings. The molecule has 5 heteroatoms. The fraction of sp³-hybridized carbons (Fsp3) is 0.0667. The van der Waals surface area contributed by atoms with Crippen LogP contribution in [0.3, 0.4) is 0 Å². The van der Waals surface area contributed by atoms with Gasteiger partial charge in [0.25, 0.3) is 5.91 Å². The second-order valence-electron chi connectivity index (χ2n) is 4.16. The van der Waals surface area contributed by atoms with Gasteiger partial charge >= 0.3 is 0 Å². The molecular weight excluding hydrogens is 295 g/mol. The van der Waals surface area contributed by atoms with Gasteiger partial charge < -0.3 is 0 Å². The molecule has 1 N–H and O–H groups in total. The van der Waals surface area contributed by atoms with E-state index in [0.717, 1.165) is 5.56 Å². The number of carbonyl (C=O) groups is 1. The van der Waals surface area contributed by atoms with Crippen LogP contribution in [-0.2, 0) is 0 Å². The van der Waals surface area contributed by atoms with E-state index >= 15 is 0 Å². The third-order valence-corrected chi connectivity index (χ3v) is 3.57. The largest absolute Gasteiger partial charge is 0.271 e. The molecule has 1 amide bonds. The number of carbonyl (C=O) groups excluding carboxylic acids is 1. The fourth-order valence-corrected chi connectivity index (χ4v) is 2.03. The van der Waals surface area contributed by atoms with Crippen LogP contribution in [-0.4, -0.2) is 12.1 Å². The molecule has 0 aliphatic heterocycles. The summed E-state index contributed by atoms with van der Waals surface area (Å²) in [5, 5.41) is 4.74. The van der Waals surface area contributed by atoms with E-state index in [1.807, 2.05) is 19.1 Å². The number of rotatable bonds is 3. The molecule has 0 saturated heterocycles. The first kappa shape index (κ1) is 14.6. The number of hydrogen-bond acceptors (Lipinski definition) is 2. The molecule has 0 aliphatic rings. The summed E-state index contributed by atoms with van der Waals surface area (Å²) >= 11 is 11.9. The van der Waals surface area contributed by atoms with E-state index < -0.39 is 0 Å². The van der Waals surface area contributed by atoms with Gasteiger partial charge in [-0.1, -0.05) is 53.5 Å². The second kappa shape index (κ2) is 6.55. The third kappa shape index (κ3) is 3.38. The molecule has 0 heterocycles. The minimum Gasteiger partial charge on any atom is -0.267 e. The van der Waals surface area contributed by atoms with Crippen LogP contribution in [0.2, 0.25) is 10.0 Å². The Hall–Kier alpha value is -1.84. The highest BCUT2D eigenvalue weighted by Crippen LogP contribution is 2.24. The normalized spacial score (nSPS) is 10.8. The molecule has 2 rings (SSSR count). The zero-order valence-electron chi connectivity index (χ0n) is 10.7. The molecule has 0 aromatic heterocycles. The number of amides is 1. The van der Waals surface area contributed by atoms with Crippen LogP contribution in [0.15, 0.2) is 47.6 Å². The average Bonchev–Trinajstić information content (AvgIpc) is 2.44. The van der Waals surface area contributed by atoms with Crippen molar-refractivity contribution in [3.63, 3.8) is 0 Å². The third-order valence-electron chi connectivity index (χ3n) is 2.74. The Morgan fingerprint density at radius 1 is 1.15 bits per heavy atom. The van der Waals surface area contributed by atoms with Crippen LogP contribution in [0.4, 0.5) is 0 Å². The van der Waals surface area contributed by atoms with E-state index in [2.05, 4.69) is 10.5 Å².